The molecule has 1 heterocycles. The SMILES string of the molecule is COC(=O)c1cc(CNC(=O)C(CC(C)C)NC(=O)c2ccc(Cl)cc2Cl)oc1C. The summed E-state index contributed by atoms with van der Waals surface area (Å²) >= 11 is 12.0. The smallest absolute Gasteiger partial charge is 0.341 e. The molecule has 2 aromatic rings. The van der Waals surface area contributed by atoms with Crippen LogP contribution in [0.1, 0.15) is 52.5 Å². The van der Waals surface area contributed by atoms with Crippen molar-refractivity contribution in [3.63, 3.8) is 0 Å². The van der Waals surface area contributed by atoms with E-state index in [1.807, 2.05) is 13.8 Å². The first-order valence-corrected chi connectivity index (χ1v) is 10.1. The Labute approximate surface area is 185 Å². The molecule has 0 aliphatic rings. The number of rotatable bonds is 8. The van der Waals surface area contributed by atoms with Gasteiger partial charge in [0, 0.05) is 5.02 Å². The predicted molar refractivity (Wildman–Crippen MR) is 114 cm³/mol. The summed E-state index contributed by atoms with van der Waals surface area (Å²) in [6, 6.07) is 5.27. The van der Waals surface area contributed by atoms with Gasteiger partial charge >= 0.3 is 5.97 Å². The molecule has 2 amide bonds. The van der Waals surface area contributed by atoms with Gasteiger partial charge in [0.2, 0.25) is 5.91 Å². The van der Waals surface area contributed by atoms with Gasteiger partial charge in [-0.15, -0.1) is 0 Å². The zero-order valence-corrected chi connectivity index (χ0v) is 18.7. The van der Waals surface area contributed by atoms with Crippen molar-refractivity contribution in [2.75, 3.05) is 7.11 Å². The van der Waals surface area contributed by atoms with Crippen LogP contribution in [0.4, 0.5) is 0 Å². The topological polar surface area (TPSA) is 97.6 Å². The van der Waals surface area contributed by atoms with Gasteiger partial charge in [0.15, 0.2) is 0 Å². The van der Waals surface area contributed by atoms with E-state index in [2.05, 4.69) is 15.4 Å². The first-order chi connectivity index (χ1) is 14.1. The minimum atomic E-state index is -0.777. The Morgan fingerprint density at radius 3 is 2.43 bits per heavy atom. The van der Waals surface area contributed by atoms with E-state index in [1.165, 1.54) is 25.3 Å². The summed E-state index contributed by atoms with van der Waals surface area (Å²) in [4.78, 5) is 37.0. The number of furan rings is 1. The monoisotopic (exact) mass is 454 g/mol. The van der Waals surface area contributed by atoms with Crippen LogP contribution in [0.3, 0.4) is 0 Å². The highest BCUT2D eigenvalue weighted by molar-refractivity contribution is 6.36. The van der Waals surface area contributed by atoms with Crippen LogP contribution in [0.2, 0.25) is 10.0 Å². The molecular formula is C21H24Cl2N2O5. The fraction of sp³-hybridized carbons (Fsp3) is 0.381. The number of aryl methyl sites for hydroxylation is 1. The summed E-state index contributed by atoms with van der Waals surface area (Å²) in [5.74, 6) is -0.417. The Hall–Kier alpha value is -2.51. The minimum Gasteiger partial charge on any atom is -0.465 e. The fourth-order valence-corrected chi connectivity index (χ4v) is 3.35. The quantitative estimate of drug-likeness (QED) is 0.583. The summed E-state index contributed by atoms with van der Waals surface area (Å²) in [5, 5.41) is 6.06. The molecule has 30 heavy (non-hydrogen) atoms. The van der Waals surface area contributed by atoms with Gasteiger partial charge in [-0.05, 0) is 43.5 Å². The van der Waals surface area contributed by atoms with Crippen molar-refractivity contribution in [2.45, 2.75) is 39.8 Å². The summed E-state index contributed by atoms with van der Waals surface area (Å²) < 4.78 is 10.2. The van der Waals surface area contributed by atoms with Gasteiger partial charge in [-0.1, -0.05) is 37.0 Å². The van der Waals surface area contributed by atoms with Gasteiger partial charge in [-0.2, -0.15) is 0 Å². The molecular weight excluding hydrogens is 431 g/mol. The zero-order chi connectivity index (χ0) is 22.4. The number of esters is 1. The number of carbonyl (C=O) groups is 3. The lowest BCUT2D eigenvalue weighted by Crippen LogP contribution is -2.47. The molecule has 0 saturated carbocycles. The molecule has 1 aromatic carbocycles. The van der Waals surface area contributed by atoms with Crippen LogP contribution < -0.4 is 10.6 Å². The molecule has 0 aliphatic heterocycles. The number of carbonyl (C=O) groups excluding carboxylic acids is 3. The van der Waals surface area contributed by atoms with Crippen molar-refractivity contribution in [2.24, 2.45) is 5.92 Å². The van der Waals surface area contributed by atoms with E-state index in [1.54, 1.807) is 13.0 Å². The lowest BCUT2D eigenvalue weighted by molar-refractivity contribution is -0.123. The second-order valence-corrected chi connectivity index (χ2v) is 8.02. The first-order valence-electron chi connectivity index (χ1n) is 9.33. The molecule has 1 unspecified atom stereocenters. The molecule has 2 rings (SSSR count). The Bertz CT molecular complexity index is 939. The van der Waals surface area contributed by atoms with Crippen molar-refractivity contribution in [3.8, 4) is 0 Å². The molecule has 0 spiro atoms. The molecule has 0 aliphatic carbocycles. The third kappa shape index (κ3) is 6.24. The molecule has 1 aromatic heterocycles. The maximum atomic E-state index is 12.7. The van der Waals surface area contributed by atoms with Crippen LogP contribution in [0.15, 0.2) is 28.7 Å². The second-order valence-electron chi connectivity index (χ2n) is 7.17. The van der Waals surface area contributed by atoms with Crippen molar-refractivity contribution < 1.29 is 23.5 Å². The Kier molecular flexibility index (Phi) is 8.32. The minimum absolute atomic E-state index is 0.0584. The summed E-state index contributed by atoms with van der Waals surface area (Å²) in [6.45, 7) is 5.58. The van der Waals surface area contributed by atoms with Gasteiger partial charge in [0.1, 0.15) is 23.1 Å². The standard InChI is InChI=1S/C21H24Cl2N2O5/c1-11(2)7-18(25-19(26)15-6-5-13(22)8-17(15)23)20(27)24-10-14-9-16(12(3)30-14)21(28)29-4/h5-6,8-9,11,18H,7,10H2,1-4H3,(H,24,27)(H,25,26). The lowest BCUT2D eigenvalue weighted by Gasteiger charge is -2.20. The number of halogens is 2. The predicted octanol–water partition coefficient (Wildman–Crippen LogP) is 4.14. The molecule has 1 atom stereocenters. The van der Waals surface area contributed by atoms with E-state index in [-0.39, 0.29) is 29.0 Å². The summed E-state index contributed by atoms with van der Waals surface area (Å²) in [7, 11) is 1.28. The zero-order valence-electron chi connectivity index (χ0n) is 17.2. The summed E-state index contributed by atoms with van der Waals surface area (Å²) in [6.07, 6.45) is 0.424. The molecule has 0 radical (unpaired) electrons. The van der Waals surface area contributed by atoms with E-state index >= 15 is 0 Å². The highest BCUT2D eigenvalue weighted by Crippen LogP contribution is 2.21. The van der Waals surface area contributed by atoms with Crippen molar-refractivity contribution in [1.82, 2.24) is 10.6 Å². The van der Waals surface area contributed by atoms with E-state index in [9.17, 15) is 14.4 Å². The highest BCUT2D eigenvalue weighted by Gasteiger charge is 2.24. The Balaban J connectivity index is 2.08. The number of nitrogens with one attached hydrogen (secondary N) is 2. The van der Waals surface area contributed by atoms with E-state index in [0.29, 0.717) is 28.5 Å². The molecule has 0 fully saturated rings. The van der Waals surface area contributed by atoms with E-state index in [4.69, 9.17) is 27.6 Å². The molecule has 0 bridgehead atoms. The number of hydrogen-bond acceptors (Lipinski definition) is 5. The maximum absolute atomic E-state index is 12.7. The highest BCUT2D eigenvalue weighted by atomic mass is 35.5. The maximum Gasteiger partial charge on any atom is 0.341 e. The fourth-order valence-electron chi connectivity index (χ4n) is 2.85. The average molecular weight is 455 g/mol. The third-order valence-electron chi connectivity index (χ3n) is 4.32. The number of hydrogen-bond donors (Lipinski definition) is 2. The number of amides is 2. The van der Waals surface area contributed by atoms with Crippen LogP contribution in [0, 0.1) is 12.8 Å². The molecule has 2 N–H and O–H groups in total. The van der Waals surface area contributed by atoms with Crippen LogP contribution >= 0.6 is 23.2 Å². The van der Waals surface area contributed by atoms with Crippen molar-refractivity contribution in [3.05, 3.63) is 57.0 Å². The van der Waals surface area contributed by atoms with Crippen LogP contribution in [0.25, 0.3) is 0 Å². The number of methoxy groups -OCH3 is 1. The van der Waals surface area contributed by atoms with Gasteiger partial charge in [-0.25, -0.2) is 4.79 Å². The second kappa shape index (κ2) is 10.5. The summed E-state index contributed by atoms with van der Waals surface area (Å²) in [5.41, 5.74) is 0.526. The van der Waals surface area contributed by atoms with Crippen LogP contribution in [0.5, 0.6) is 0 Å². The van der Waals surface area contributed by atoms with Gasteiger partial charge in [-0.3, -0.25) is 9.59 Å². The first kappa shape index (κ1) is 23.8. The largest absolute Gasteiger partial charge is 0.465 e. The lowest BCUT2D eigenvalue weighted by atomic mass is 10.0. The van der Waals surface area contributed by atoms with Crippen molar-refractivity contribution >= 4 is 41.0 Å². The molecule has 9 heteroatoms. The van der Waals surface area contributed by atoms with Crippen LogP contribution in [-0.2, 0) is 16.1 Å². The normalized spacial score (nSPS) is 11.8. The number of benzene rings is 1. The van der Waals surface area contributed by atoms with E-state index in [0.717, 1.165) is 0 Å². The van der Waals surface area contributed by atoms with Crippen molar-refractivity contribution in [1.29, 1.82) is 0 Å². The third-order valence-corrected chi connectivity index (χ3v) is 4.86. The van der Waals surface area contributed by atoms with E-state index < -0.39 is 17.9 Å². The van der Waals surface area contributed by atoms with Gasteiger partial charge in [0.05, 0.1) is 24.2 Å². The van der Waals surface area contributed by atoms with Crippen LogP contribution in [-0.4, -0.2) is 30.9 Å². The van der Waals surface area contributed by atoms with Gasteiger partial charge in [0.25, 0.3) is 5.91 Å². The average Bonchev–Trinajstić information content (AvgIpc) is 3.05. The number of ether oxygens (including phenoxy) is 1. The Morgan fingerprint density at radius 1 is 1.13 bits per heavy atom. The molecule has 7 nitrogen and oxygen atoms in total. The van der Waals surface area contributed by atoms with Gasteiger partial charge < -0.3 is 19.8 Å². The Morgan fingerprint density at radius 2 is 1.83 bits per heavy atom. The molecule has 162 valence electrons. The molecule has 0 saturated heterocycles.